The molecule has 4 rings (SSSR count). The van der Waals surface area contributed by atoms with Crippen molar-refractivity contribution in [1.29, 1.82) is 0 Å². The zero-order valence-corrected chi connectivity index (χ0v) is 15.7. The summed E-state index contributed by atoms with van der Waals surface area (Å²) >= 11 is 0. The molecule has 0 N–H and O–H groups in total. The first-order valence-electron chi connectivity index (χ1n) is 8.22. The van der Waals surface area contributed by atoms with Crippen molar-refractivity contribution in [2.75, 3.05) is 18.2 Å². The second kappa shape index (κ2) is 6.06. The first kappa shape index (κ1) is 18.5. The van der Waals surface area contributed by atoms with Crippen LogP contribution in [0.25, 0.3) is 16.9 Å². The zero-order valence-electron chi connectivity index (χ0n) is 14.9. The first-order chi connectivity index (χ1) is 13.0. The normalized spacial score (nSPS) is 14.0. The summed E-state index contributed by atoms with van der Waals surface area (Å²) in [6, 6.07) is 8.88. The third-order valence-electron chi connectivity index (χ3n) is 4.54. The zero-order chi connectivity index (χ0) is 20.3. The van der Waals surface area contributed by atoms with E-state index in [1.54, 1.807) is 29.9 Å². The first-order valence-corrected chi connectivity index (χ1v) is 10.1. The van der Waals surface area contributed by atoms with E-state index in [2.05, 4.69) is 10.1 Å². The SMILES string of the molecule is CN1Cc2cc(S(C)(=O)=O)ccc2-n2nc(-c3ccnc(C(F)(F)F)c3)cc21. The van der Waals surface area contributed by atoms with Gasteiger partial charge in [-0.2, -0.15) is 18.3 Å². The van der Waals surface area contributed by atoms with Crippen molar-refractivity contribution in [3.05, 3.63) is 53.9 Å². The van der Waals surface area contributed by atoms with Crippen LogP contribution in [-0.4, -0.2) is 36.5 Å². The molecule has 146 valence electrons. The van der Waals surface area contributed by atoms with E-state index in [1.807, 2.05) is 4.90 Å². The summed E-state index contributed by atoms with van der Waals surface area (Å²) in [4.78, 5) is 5.44. The Labute approximate surface area is 159 Å². The van der Waals surface area contributed by atoms with Crippen molar-refractivity contribution in [2.45, 2.75) is 17.6 Å². The Morgan fingerprint density at radius 2 is 1.86 bits per heavy atom. The Hall–Kier alpha value is -2.88. The number of aromatic nitrogens is 3. The van der Waals surface area contributed by atoms with Gasteiger partial charge in [0.25, 0.3) is 0 Å². The lowest BCUT2D eigenvalue weighted by molar-refractivity contribution is -0.141. The van der Waals surface area contributed by atoms with Gasteiger partial charge in [0.15, 0.2) is 9.84 Å². The van der Waals surface area contributed by atoms with Crippen molar-refractivity contribution in [3.63, 3.8) is 0 Å². The molecule has 6 nitrogen and oxygen atoms in total. The standard InChI is InChI=1S/C18H15F3N4O2S/c1-24-10-12-7-13(28(2,26)27)3-4-15(12)25-17(24)9-14(23-25)11-5-6-22-16(8-11)18(19,20)21/h3-9H,10H2,1-2H3. The van der Waals surface area contributed by atoms with Crippen LogP contribution >= 0.6 is 0 Å². The Balaban J connectivity index is 1.83. The van der Waals surface area contributed by atoms with Gasteiger partial charge in [0.2, 0.25) is 0 Å². The molecule has 2 aromatic heterocycles. The topological polar surface area (TPSA) is 68.1 Å². The molecule has 0 radical (unpaired) electrons. The molecule has 28 heavy (non-hydrogen) atoms. The average Bonchev–Trinajstić information content (AvgIpc) is 3.06. The van der Waals surface area contributed by atoms with Crippen LogP contribution in [0.3, 0.4) is 0 Å². The summed E-state index contributed by atoms with van der Waals surface area (Å²) in [6.07, 6.45) is -2.30. The Bertz CT molecular complexity index is 1190. The molecule has 0 amide bonds. The predicted octanol–water partition coefficient (Wildman–Crippen LogP) is 3.31. The molecule has 1 aliphatic rings. The molecular weight excluding hydrogens is 393 g/mol. The lowest BCUT2D eigenvalue weighted by atomic mass is 10.1. The van der Waals surface area contributed by atoms with Crippen molar-refractivity contribution in [2.24, 2.45) is 0 Å². The fraction of sp³-hybridized carbons (Fsp3) is 0.222. The van der Waals surface area contributed by atoms with Crippen LogP contribution in [0, 0.1) is 0 Å². The number of fused-ring (bicyclic) bond motifs is 3. The quantitative estimate of drug-likeness (QED) is 0.651. The van der Waals surface area contributed by atoms with Crippen LogP contribution < -0.4 is 4.90 Å². The summed E-state index contributed by atoms with van der Waals surface area (Å²) in [5.74, 6) is 0.694. The molecule has 1 aromatic carbocycles. The minimum absolute atomic E-state index is 0.208. The minimum Gasteiger partial charge on any atom is -0.355 e. The van der Waals surface area contributed by atoms with E-state index < -0.39 is 21.7 Å². The van der Waals surface area contributed by atoms with Gasteiger partial charge in [-0.3, -0.25) is 4.98 Å². The van der Waals surface area contributed by atoms with E-state index in [0.717, 1.165) is 24.1 Å². The summed E-state index contributed by atoms with van der Waals surface area (Å²) < 4.78 is 64.1. The molecule has 0 spiro atoms. The predicted molar refractivity (Wildman–Crippen MR) is 97.0 cm³/mol. The van der Waals surface area contributed by atoms with Gasteiger partial charge in [-0.25, -0.2) is 13.1 Å². The maximum Gasteiger partial charge on any atom is 0.433 e. The number of hydrogen-bond donors (Lipinski definition) is 0. The number of benzene rings is 1. The molecule has 0 aliphatic carbocycles. The fourth-order valence-corrected chi connectivity index (χ4v) is 3.84. The number of alkyl halides is 3. The molecule has 1 aliphatic heterocycles. The van der Waals surface area contributed by atoms with E-state index in [9.17, 15) is 21.6 Å². The van der Waals surface area contributed by atoms with E-state index in [0.29, 0.717) is 29.3 Å². The number of nitrogens with zero attached hydrogens (tertiary/aromatic N) is 4. The lowest BCUT2D eigenvalue weighted by Crippen LogP contribution is -2.26. The van der Waals surface area contributed by atoms with Crippen molar-refractivity contribution >= 4 is 15.7 Å². The number of anilines is 1. The summed E-state index contributed by atoms with van der Waals surface area (Å²) in [5.41, 5.74) is 1.14. The monoisotopic (exact) mass is 408 g/mol. The van der Waals surface area contributed by atoms with Gasteiger partial charge in [0.05, 0.1) is 16.3 Å². The number of rotatable bonds is 2. The second-order valence-electron chi connectivity index (χ2n) is 6.65. The number of halogens is 3. The number of pyridine rings is 1. The lowest BCUT2D eigenvalue weighted by Gasteiger charge is -2.27. The van der Waals surface area contributed by atoms with Crippen molar-refractivity contribution in [3.8, 4) is 16.9 Å². The van der Waals surface area contributed by atoms with Crippen LogP contribution in [-0.2, 0) is 22.6 Å². The molecule has 10 heteroatoms. The highest BCUT2D eigenvalue weighted by Crippen LogP contribution is 2.35. The molecule has 3 aromatic rings. The van der Waals surface area contributed by atoms with Crippen LogP contribution in [0.5, 0.6) is 0 Å². The Morgan fingerprint density at radius 1 is 1.11 bits per heavy atom. The largest absolute Gasteiger partial charge is 0.433 e. The van der Waals surface area contributed by atoms with Crippen molar-refractivity contribution in [1.82, 2.24) is 14.8 Å². The van der Waals surface area contributed by atoms with Gasteiger partial charge >= 0.3 is 6.18 Å². The molecule has 0 bridgehead atoms. The smallest absolute Gasteiger partial charge is 0.355 e. The average molecular weight is 408 g/mol. The van der Waals surface area contributed by atoms with E-state index in [-0.39, 0.29) is 4.90 Å². The fourth-order valence-electron chi connectivity index (χ4n) is 3.17. The number of hydrogen-bond acceptors (Lipinski definition) is 5. The third kappa shape index (κ3) is 3.13. The highest BCUT2D eigenvalue weighted by Gasteiger charge is 2.33. The summed E-state index contributed by atoms with van der Waals surface area (Å²) in [7, 11) is -1.54. The highest BCUT2D eigenvalue weighted by atomic mass is 32.2. The van der Waals surface area contributed by atoms with Crippen LogP contribution in [0.15, 0.2) is 47.5 Å². The number of sulfone groups is 1. The third-order valence-corrected chi connectivity index (χ3v) is 5.65. The minimum atomic E-state index is -4.54. The van der Waals surface area contributed by atoms with Crippen LogP contribution in [0.2, 0.25) is 0 Å². The maximum atomic E-state index is 13.0. The van der Waals surface area contributed by atoms with Gasteiger partial charge in [-0.15, -0.1) is 0 Å². The molecule has 0 atom stereocenters. The molecule has 0 fully saturated rings. The van der Waals surface area contributed by atoms with E-state index in [1.165, 1.54) is 12.1 Å². The van der Waals surface area contributed by atoms with E-state index >= 15 is 0 Å². The van der Waals surface area contributed by atoms with Gasteiger partial charge in [-0.05, 0) is 35.9 Å². The molecule has 0 unspecified atom stereocenters. The molecule has 3 heterocycles. The van der Waals surface area contributed by atoms with Gasteiger partial charge in [0.1, 0.15) is 11.5 Å². The van der Waals surface area contributed by atoms with Gasteiger partial charge in [0, 0.05) is 37.7 Å². The molecule has 0 saturated heterocycles. The summed E-state index contributed by atoms with van der Waals surface area (Å²) in [6.45, 7) is 0.452. The Morgan fingerprint density at radius 3 is 2.54 bits per heavy atom. The van der Waals surface area contributed by atoms with Crippen LogP contribution in [0.4, 0.5) is 19.0 Å². The second-order valence-corrected chi connectivity index (χ2v) is 8.66. The highest BCUT2D eigenvalue weighted by molar-refractivity contribution is 7.90. The van der Waals surface area contributed by atoms with Crippen molar-refractivity contribution < 1.29 is 21.6 Å². The van der Waals surface area contributed by atoms with E-state index in [4.69, 9.17) is 0 Å². The van der Waals surface area contributed by atoms with Gasteiger partial charge in [-0.1, -0.05) is 0 Å². The summed E-state index contributed by atoms with van der Waals surface area (Å²) in [5, 5.41) is 4.46. The van der Waals surface area contributed by atoms with Crippen LogP contribution in [0.1, 0.15) is 11.3 Å². The van der Waals surface area contributed by atoms with Gasteiger partial charge < -0.3 is 4.90 Å². The maximum absolute atomic E-state index is 13.0. The molecular formula is C18H15F3N4O2S. The Kier molecular flexibility index (Phi) is 4.00. The molecule has 0 saturated carbocycles.